The standard InChI is InChI=1S/C17H21N3O3.C2HF3O2/c1-11-15(12(2)23-18-11)10-19-7-13-6-14(9-19)20(8-13)17(21)16-4-3-5-22-16;3-2(4,5)1(6)7/h3-5,13-14H,6-10H2,1-2H3;(H,6,7). The molecule has 2 aromatic heterocycles. The number of carboxylic acid groups (broad SMARTS) is 1. The third-order valence-electron chi connectivity index (χ3n) is 5.28. The lowest BCUT2D eigenvalue weighted by Crippen LogP contribution is -2.43. The third kappa shape index (κ3) is 4.84. The summed E-state index contributed by atoms with van der Waals surface area (Å²) in [7, 11) is 0. The summed E-state index contributed by atoms with van der Waals surface area (Å²) in [5.74, 6) is -0.874. The number of piperidine rings is 1. The molecule has 0 radical (unpaired) electrons. The van der Waals surface area contributed by atoms with Gasteiger partial charge in [0.1, 0.15) is 5.76 Å². The van der Waals surface area contributed by atoms with Gasteiger partial charge in [-0.3, -0.25) is 9.69 Å². The molecule has 1 N–H and O–H groups in total. The number of likely N-dealkylation sites (tertiary alicyclic amines) is 2. The predicted molar refractivity (Wildman–Crippen MR) is 96.6 cm³/mol. The van der Waals surface area contributed by atoms with E-state index in [0.29, 0.717) is 11.7 Å². The summed E-state index contributed by atoms with van der Waals surface area (Å²) in [6, 6.07) is 3.78. The molecule has 4 heterocycles. The van der Waals surface area contributed by atoms with Gasteiger partial charge < -0.3 is 18.9 Å². The van der Waals surface area contributed by atoms with Crippen LogP contribution in [0.1, 0.15) is 34.0 Å². The molecule has 2 aliphatic heterocycles. The summed E-state index contributed by atoms with van der Waals surface area (Å²) in [4.78, 5) is 25.9. The van der Waals surface area contributed by atoms with E-state index in [-0.39, 0.29) is 11.9 Å². The van der Waals surface area contributed by atoms with Gasteiger partial charge in [0.2, 0.25) is 0 Å². The van der Waals surface area contributed by atoms with Gasteiger partial charge in [-0.25, -0.2) is 4.79 Å². The fourth-order valence-corrected chi connectivity index (χ4v) is 3.93. The number of halogens is 3. The molecule has 164 valence electrons. The average molecular weight is 429 g/mol. The number of nitrogens with zero attached hydrogens (tertiary/aromatic N) is 3. The van der Waals surface area contributed by atoms with Gasteiger partial charge >= 0.3 is 12.1 Å². The van der Waals surface area contributed by atoms with Crippen molar-refractivity contribution in [2.24, 2.45) is 5.92 Å². The highest BCUT2D eigenvalue weighted by Gasteiger charge is 2.42. The SMILES string of the molecule is Cc1noc(C)c1CN1CC2CC(C1)N(C(=O)c1ccco1)C2.O=C(O)C(F)(F)F. The number of carboxylic acids is 1. The van der Waals surface area contributed by atoms with Crippen molar-refractivity contribution < 1.29 is 36.8 Å². The zero-order valence-corrected chi connectivity index (χ0v) is 16.5. The van der Waals surface area contributed by atoms with Gasteiger partial charge in [0.15, 0.2) is 5.76 Å². The first-order chi connectivity index (χ1) is 14.1. The van der Waals surface area contributed by atoms with E-state index in [9.17, 15) is 18.0 Å². The molecule has 2 unspecified atom stereocenters. The van der Waals surface area contributed by atoms with Gasteiger partial charge in [-0.05, 0) is 38.3 Å². The van der Waals surface area contributed by atoms with Crippen LogP contribution >= 0.6 is 0 Å². The first-order valence-electron chi connectivity index (χ1n) is 9.35. The van der Waals surface area contributed by atoms with Crippen LogP contribution in [-0.4, -0.2) is 63.8 Å². The van der Waals surface area contributed by atoms with Crippen molar-refractivity contribution in [3.8, 4) is 0 Å². The smallest absolute Gasteiger partial charge is 0.475 e. The predicted octanol–water partition coefficient (Wildman–Crippen LogP) is 2.86. The molecule has 0 saturated carbocycles. The highest BCUT2D eigenvalue weighted by Crippen LogP contribution is 2.32. The molecule has 1 amide bonds. The highest BCUT2D eigenvalue weighted by atomic mass is 19.4. The Kier molecular flexibility index (Phi) is 6.20. The van der Waals surface area contributed by atoms with Crippen molar-refractivity contribution in [1.82, 2.24) is 15.0 Å². The van der Waals surface area contributed by atoms with Crippen molar-refractivity contribution in [2.45, 2.75) is 39.0 Å². The largest absolute Gasteiger partial charge is 0.490 e. The van der Waals surface area contributed by atoms with Crippen LogP contribution in [0, 0.1) is 19.8 Å². The van der Waals surface area contributed by atoms with Crippen LogP contribution in [0.15, 0.2) is 27.3 Å². The van der Waals surface area contributed by atoms with E-state index in [1.165, 1.54) is 5.56 Å². The number of fused-ring (bicyclic) bond motifs is 2. The van der Waals surface area contributed by atoms with Crippen LogP contribution in [0.3, 0.4) is 0 Å². The van der Waals surface area contributed by atoms with E-state index in [0.717, 1.165) is 44.1 Å². The number of carbonyl (C=O) groups is 2. The van der Waals surface area contributed by atoms with E-state index in [1.54, 1.807) is 18.4 Å². The number of hydrogen-bond acceptors (Lipinski definition) is 6. The summed E-state index contributed by atoms with van der Waals surface area (Å²) in [6.45, 7) is 7.52. The van der Waals surface area contributed by atoms with Crippen LogP contribution in [0.2, 0.25) is 0 Å². The molecule has 30 heavy (non-hydrogen) atoms. The van der Waals surface area contributed by atoms with E-state index in [1.807, 2.05) is 18.7 Å². The van der Waals surface area contributed by atoms with Crippen molar-refractivity contribution in [3.05, 3.63) is 41.2 Å². The monoisotopic (exact) mass is 429 g/mol. The van der Waals surface area contributed by atoms with E-state index in [4.69, 9.17) is 18.8 Å². The summed E-state index contributed by atoms with van der Waals surface area (Å²) >= 11 is 0. The second kappa shape index (κ2) is 8.50. The summed E-state index contributed by atoms with van der Waals surface area (Å²) < 4.78 is 42.3. The van der Waals surface area contributed by atoms with Gasteiger partial charge in [-0.15, -0.1) is 0 Å². The zero-order chi connectivity index (χ0) is 22.1. The van der Waals surface area contributed by atoms with Crippen LogP contribution in [0.5, 0.6) is 0 Å². The van der Waals surface area contributed by atoms with E-state index < -0.39 is 12.1 Å². The Hall–Kier alpha value is -2.82. The molecule has 2 fully saturated rings. The fraction of sp³-hybridized carbons (Fsp3) is 0.526. The van der Waals surface area contributed by atoms with Crippen LogP contribution < -0.4 is 0 Å². The molecule has 0 aromatic carbocycles. The number of carbonyl (C=O) groups excluding carboxylic acids is 1. The van der Waals surface area contributed by atoms with Gasteiger partial charge in [-0.2, -0.15) is 13.2 Å². The quantitative estimate of drug-likeness (QED) is 0.801. The Balaban J connectivity index is 0.000000318. The number of hydrogen-bond donors (Lipinski definition) is 1. The van der Waals surface area contributed by atoms with E-state index in [2.05, 4.69) is 10.1 Å². The molecule has 2 bridgehead atoms. The molecule has 11 heteroatoms. The highest BCUT2D eigenvalue weighted by molar-refractivity contribution is 5.92. The lowest BCUT2D eigenvalue weighted by Gasteiger charge is -2.32. The molecular weight excluding hydrogens is 407 g/mol. The molecule has 2 aromatic rings. The molecule has 8 nitrogen and oxygen atoms in total. The first kappa shape index (κ1) is 21.9. The van der Waals surface area contributed by atoms with Crippen LogP contribution in [0.4, 0.5) is 13.2 Å². The van der Waals surface area contributed by atoms with Crippen LogP contribution in [0.25, 0.3) is 0 Å². The number of aromatic nitrogens is 1. The molecule has 4 rings (SSSR count). The van der Waals surface area contributed by atoms with E-state index >= 15 is 0 Å². The number of furan rings is 1. The number of amides is 1. The Morgan fingerprint density at radius 1 is 1.27 bits per heavy atom. The Bertz CT molecular complexity index is 874. The maximum atomic E-state index is 12.6. The lowest BCUT2D eigenvalue weighted by atomic mass is 9.99. The number of alkyl halides is 3. The molecule has 2 saturated heterocycles. The average Bonchev–Trinajstić information content (AvgIpc) is 3.38. The Morgan fingerprint density at radius 2 is 1.97 bits per heavy atom. The Morgan fingerprint density at radius 3 is 2.50 bits per heavy atom. The number of rotatable bonds is 3. The molecule has 0 spiro atoms. The number of aryl methyl sites for hydroxylation is 2. The van der Waals surface area contributed by atoms with Crippen molar-refractivity contribution in [2.75, 3.05) is 19.6 Å². The van der Waals surface area contributed by atoms with Gasteiger partial charge in [-0.1, -0.05) is 5.16 Å². The Labute approximate surface area is 170 Å². The van der Waals surface area contributed by atoms with Crippen molar-refractivity contribution in [3.63, 3.8) is 0 Å². The second-order valence-electron chi connectivity index (χ2n) is 7.49. The zero-order valence-electron chi connectivity index (χ0n) is 16.5. The summed E-state index contributed by atoms with van der Waals surface area (Å²) in [6.07, 6.45) is -2.44. The number of aliphatic carboxylic acids is 1. The third-order valence-corrected chi connectivity index (χ3v) is 5.28. The minimum absolute atomic E-state index is 0.0155. The minimum Gasteiger partial charge on any atom is -0.475 e. The molecular formula is C19H22F3N3O5. The van der Waals surface area contributed by atoms with Crippen LogP contribution in [-0.2, 0) is 11.3 Å². The fourth-order valence-electron chi connectivity index (χ4n) is 3.93. The summed E-state index contributed by atoms with van der Waals surface area (Å²) in [5.41, 5.74) is 2.14. The maximum Gasteiger partial charge on any atom is 0.490 e. The normalized spacial score (nSPS) is 21.3. The first-order valence-corrected chi connectivity index (χ1v) is 9.35. The van der Waals surface area contributed by atoms with Crippen molar-refractivity contribution >= 4 is 11.9 Å². The maximum absolute atomic E-state index is 12.6. The summed E-state index contributed by atoms with van der Waals surface area (Å²) in [5, 5.41) is 11.2. The lowest BCUT2D eigenvalue weighted by molar-refractivity contribution is -0.192. The molecule has 2 atom stereocenters. The molecule has 2 aliphatic rings. The minimum atomic E-state index is -5.08. The van der Waals surface area contributed by atoms with Gasteiger partial charge in [0.05, 0.1) is 12.0 Å². The topological polar surface area (TPSA) is 100 Å². The van der Waals surface area contributed by atoms with Gasteiger partial charge in [0, 0.05) is 37.8 Å². The van der Waals surface area contributed by atoms with Crippen molar-refractivity contribution in [1.29, 1.82) is 0 Å². The van der Waals surface area contributed by atoms with Gasteiger partial charge in [0.25, 0.3) is 5.91 Å². The second-order valence-corrected chi connectivity index (χ2v) is 7.49. The molecule has 0 aliphatic carbocycles.